The fourth-order valence-electron chi connectivity index (χ4n) is 2.61. The molecule has 0 aliphatic heterocycles. The van der Waals surface area contributed by atoms with Gasteiger partial charge in [-0.3, -0.25) is 0 Å². The minimum Gasteiger partial charge on any atom is -0.236 e. The SMILES string of the molecule is CCCCCCCSc1ccc(-c2ncc(CCCC)cn2)cc1. The Kier molecular flexibility index (Phi) is 8.90. The molecule has 1 aromatic carbocycles. The van der Waals surface area contributed by atoms with Crippen molar-refractivity contribution < 1.29 is 0 Å². The lowest BCUT2D eigenvalue weighted by molar-refractivity contribution is 0.659. The first-order valence-electron chi connectivity index (χ1n) is 9.37. The topological polar surface area (TPSA) is 25.8 Å². The average Bonchev–Trinajstić information content (AvgIpc) is 2.64. The molecule has 0 fully saturated rings. The van der Waals surface area contributed by atoms with Crippen molar-refractivity contribution in [1.82, 2.24) is 9.97 Å². The molecule has 0 aliphatic carbocycles. The third-order valence-electron chi connectivity index (χ3n) is 4.15. The van der Waals surface area contributed by atoms with Gasteiger partial charge in [0.1, 0.15) is 0 Å². The number of aryl methyl sites for hydroxylation is 1. The fourth-order valence-corrected chi connectivity index (χ4v) is 3.52. The molecule has 0 atom stereocenters. The highest BCUT2D eigenvalue weighted by atomic mass is 32.2. The standard InChI is InChI=1S/C21H30N2S/c1-3-5-7-8-9-15-24-20-13-11-19(12-14-20)21-22-16-18(17-23-21)10-6-4-2/h11-14,16-17H,3-10,15H2,1-2H3. The molecule has 1 aromatic heterocycles. The van der Waals surface area contributed by atoms with Gasteiger partial charge in [-0.2, -0.15) is 0 Å². The Labute approximate surface area is 151 Å². The molecular formula is C21H30N2S. The van der Waals surface area contributed by atoms with Crippen LogP contribution in [-0.4, -0.2) is 15.7 Å². The van der Waals surface area contributed by atoms with Gasteiger partial charge in [-0.05, 0) is 42.7 Å². The predicted octanol–water partition coefficient (Wildman–Crippen LogP) is 6.55. The summed E-state index contributed by atoms with van der Waals surface area (Å²) < 4.78 is 0. The van der Waals surface area contributed by atoms with Crippen molar-refractivity contribution in [3.8, 4) is 11.4 Å². The molecule has 130 valence electrons. The number of unbranched alkanes of at least 4 members (excludes halogenated alkanes) is 5. The van der Waals surface area contributed by atoms with Crippen LogP contribution in [0.1, 0.15) is 64.4 Å². The third-order valence-corrected chi connectivity index (χ3v) is 5.25. The monoisotopic (exact) mass is 342 g/mol. The zero-order valence-electron chi connectivity index (χ0n) is 15.1. The smallest absolute Gasteiger partial charge is 0.159 e. The van der Waals surface area contributed by atoms with Crippen molar-refractivity contribution in [2.45, 2.75) is 70.1 Å². The summed E-state index contributed by atoms with van der Waals surface area (Å²) in [6.45, 7) is 4.47. The van der Waals surface area contributed by atoms with Crippen molar-refractivity contribution in [3.63, 3.8) is 0 Å². The molecule has 2 aromatic rings. The summed E-state index contributed by atoms with van der Waals surface area (Å²) in [5.41, 5.74) is 2.33. The van der Waals surface area contributed by atoms with Crippen molar-refractivity contribution in [2.24, 2.45) is 0 Å². The quantitative estimate of drug-likeness (QED) is 0.342. The Hall–Kier alpha value is -1.35. The maximum absolute atomic E-state index is 4.52. The first-order valence-corrected chi connectivity index (χ1v) is 10.4. The van der Waals surface area contributed by atoms with E-state index < -0.39 is 0 Å². The van der Waals surface area contributed by atoms with E-state index in [1.54, 1.807) is 0 Å². The second kappa shape index (κ2) is 11.2. The molecule has 0 saturated carbocycles. The fraction of sp³-hybridized carbons (Fsp3) is 0.524. The molecule has 24 heavy (non-hydrogen) atoms. The molecule has 0 amide bonds. The highest BCUT2D eigenvalue weighted by Crippen LogP contribution is 2.23. The maximum Gasteiger partial charge on any atom is 0.159 e. The molecule has 0 saturated heterocycles. The maximum atomic E-state index is 4.52. The van der Waals surface area contributed by atoms with Crippen LogP contribution in [0.25, 0.3) is 11.4 Å². The van der Waals surface area contributed by atoms with Crippen molar-refractivity contribution in [3.05, 3.63) is 42.2 Å². The van der Waals surface area contributed by atoms with Crippen LogP contribution in [-0.2, 0) is 6.42 Å². The van der Waals surface area contributed by atoms with Crippen molar-refractivity contribution >= 4 is 11.8 Å². The molecule has 0 radical (unpaired) electrons. The van der Waals surface area contributed by atoms with Gasteiger partial charge < -0.3 is 0 Å². The van der Waals surface area contributed by atoms with Gasteiger partial charge in [0.15, 0.2) is 5.82 Å². The van der Waals surface area contributed by atoms with E-state index in [9.17, 15) is 0 Å². The Morgan fingerprint density at radius 3 is 2.12 bits per heavy atom. The molecule has 0 spiro atoms. The van der Waals surface area contributed by atoms with Gasteiger partial charge in [-0.1, -0.05) is 58.1 Å². The predicted molar refractivity (Wildman–Crippen MR) is 106 cm³/mol. The van der Waals surface area contributed by atoms with E-state index >= 15 is 0 Å². The number of benzene rings is 1. The summed E-state index contributed by atoms with van der Waals surface area (Å²) in [6, 6.07) is 8.67. The Morgan fingerprint density at radius 2 is 1.46 bits per heavy atom. The van der Waals surface area contributed by atoms with E-state index in [-0.39, 0.29) is 0 Å². The van der Waals surface area contributed by atoms with Gasteiger partial charge in [0.05, 0.1) is 0 Å². The van der Waals surface area contributed by atoms with E-state index in [0.29, 0.717) is 0 Å². The van der Waals surface area contributed by atoms with Gasteiger partial charge in [-0.25, -0.2) is 9.97 Å². The number of hydrogen-bond acceptors (Lipinski definition) is 3. The lowest BCUT2D eigenvalue weighted by Crippen LogP contribution is -1.92. The number of thioether (sulfide) groups is 1. The van der Waals surface area contributed by atoms with Crippen LogP contribution in [0, 0.1) is 0 Å². The van der Waals surface area contributed by atoms with E-state index in [1.165, 1.54) is 61.2 Å². The summed E-state index contributed by atoms with van der Waals surface area (Å²) in [7, 11) is 0. The molecule has 0 N–H and O–H groups in total. The number of aromatic nitrogens is 2. The van der Waals surface area contributed by atoms with Crippen LogP contribution < -0.4 is 0 Å². The molecule has 1 heterocycles. The molecule has 0 unspecified atom stereocenters. The van der Waals surface area contributed by atoms with Gasteiger partial charge in [-0.15, -0.1) is 11.8 Å². The molecule has 0 bridgehead atoms. The summed E-state index contributed by atoms with van der Waals surface area (Å²) in [5.74, 6) is 2.04. The summed E-state index contributed by atoms with van der Waals surface area (Å²) in [5, 5.41) is 0. The molecule has 2 nitrogen and oxygen atoms in total. The lowest BCUT2D eigenvalue weighted by Gasteiger charge is -2.05. The zero-order valence-corrected chi connectivity index (χ0v) is 15.9. The van der Waals surface area contributed by atoms with E-state index in [0.717, 1.165) is 17.8 Å². The minimum absolute atomic E-state index is 0.825. The van der Waals surface area contributed by atoms with Crippen LogP contribution in [0.5, 0.6) is 0 Å². The average molecular weight is 343 g/mol. The van der Waals surface area contributed by atoms with Crippen LogP contribution in [0.15, 0.2) is 41.6 Å². The zero-order chi connectivity index (χ0) is 17.0. The molecular weight excluding hydrogens is 312 g/mol. The Morgan fingerprint density at radius 1 is 0.792 bits per heavy atom. The summed E-state index contributed by atoms with van der Waals surface area (Å²) >= 11 is 1.95. The van der Waals surface area contributed by atoms with Gasteiger partial charge in [0.25, 0.3) is 0 Å². The summed E-state index contributed by atoms with van der Waals surface area (Å²) in [6.07, 6.45) is 14.2. The lowest BCUT2D eigenvalue weighted by atomic mass is 10.1. The van der Waals surface area contributed by atoms with Crippen LogP contribution in [0.4, 0.5) is 0 Å². The van der Waals surface area contributed by atoms with Gasteiger partial charge >= 0.3 is 0 Å². The first-order chi connectivity index (χ1) is 11.8. The largest absolute Gasteiger partial charge is 0.236 e. The number of rotatable bonds is 11. The molecule has 0 aliphatic rings. The van der Waals surface area contributed by atoms with Gasteiger partial charge in [0, 0.05) is 22.9 Å². The number of nitrogens with zero attached hydrogens (tertiary/aromatic N) is 2. The third kappa shape index (κ3) is 6.64. The second-order valence-corrected chi connectivity index (χ2v) is 7.47. The highest BCUT2D eigenvalue weighted by Gasteiger charge is 2.02. The Bertz CT molecular complexity index is 563. The minimum atomic E-state index is 0.825. The van der Waals surface area contributed by atoms with Crippen LogP contribution >= 0.6 is 11.8 Å². The van der Waals surface area contributed by atoms with Crippen molar-refractivity contribution in [1.29, 1.82) is 0 Å². The van der Waals surface area contributed by atoms with E-state index in [4.69, 9.17) is 0 Å². The Balaban J connectivity index is 1.80. The van der Waals surface area contributed by atoms with Crippen LogP contribution in [0.3, 0.4) is 0 Å². The molecule has 3 heteroatoms. The summed E-state index contributed by atoms with van der Waals surface area (Å²) in [4.78, 5) is 10.4. The highest BCUT2D eigenvalue weighted by molar-refractivity contribution is 7.99. The second-order valence-electron chi connectivity index (χ2n) is 6.31. The van der Waals surface area contributed by atoms with Crippen molar-refractivity contribution in [2.75, 3.05) is 5.75 Å². The van der Waals surface area contributed by atoms with Gasteiger partial charge in [0.2, 0.25) is 0 Å². The number of hydrogen-bond donors (Lipinski definition) is 0. The molecule has 2 rings (SSSR count). The van der Waals surface area contributed by atoms with E-state index in [1.807, 2.05) is 24.2 Å². The van der Waals surface area contributed by atoms with E-state index in [2.05, 4.69) is 48.1 Å². The first kappa shape index (κ1) is 19.0. The normalized spacial score (nSPS) is 10.9. The van der Waals surface area contributed by atoms with Crippen LogP contribution in [0.2, 0.25) is 0 Å².